The van der Waals surface area contributed by atoms with Crippen molar-refractivity contribution in [3.63, 3.8) is 0 Å². The van der Waals surface area contributed by atoms with Crippen LogP contribution in [0.3, 0.4) is 0 Å². The second kappa shape index (κ2) is 8.10. The zero-order valence-electron chi connectivity index (χ0n) is 10.6. The molecule has 102 valence electrons. The van der Waals surface area contributed by atoms with Gasteiger partial charge in [0.2, 0.25) is 0 Å². The second-order valence-corrected chi connectivity index (χ2v) is 3.94. The molecule has 0 radical (unpaired) electrons. The van der Waals surface area contributed by atoms with Gasteiger partial charge in [-0.3, -0.25) is 10.1 Å². The topological polar surface area (TPSA) is 43.1 Å². The zero-order valence-corrected chi connectivity index (χ0v) is 11.7. The summed E-state index contributed by atoms with van der Waals surface area (Å²) < 4.78 is 0. The first kappa shape index (κ1) is 15.9. The summed E-state index contributed by atoms with van der Waals surface area (Å²) in [6, 6.07) is 24.4. The Morgan fingerprint density at radius 1 is 0.850 bits per heavy atom. The van der Waals surface area contributed by atoms with Gasteiger partial charge in [0.1, 0.15) is 0 Å². The number of nitro groups is 1. The Morgan fingerprint density at radius 3 is 1.90 bits per heavy atom. The monoisotopic (exact) mass is 307 g/mol. The summed E-state index contributed by atoms with van der Waals surface area (Å²) in [6.07, 6.45) is 0. The Labute approximate surface area is 128 Å². The van der Waals surface area contributed by atoms with Crippen LogP contribution in [0, 0.1) is 10.1 Å². The Morgan fingerprint density at radius 2 is 1.50 bits per heavy atom. The second-order valence-electron chi connectivity index (χ2n) is 3.94. The molecule has 3 aromatic rings. The molecular formula is C16H13FeNO2. The Kier molecular flexibility index (Phi) is 6.44. The van der Waals surface area contributed by atoms with E-state index in [4.69, 9.17) is 0 Å². The predicted molar refractivity (Wildman–Crippen MR) is 76.2 cm³/mol. The normalized spacial score (nSPS) is 9.00. The molecule has 0 aliphatic heterocycles. The zero-order chi connectivity index (χ0) is 13.5. The fourth-order valence-electron chi connectivity index (χ4n) is 1.66. The van der Waals surface area contributed by atoms with E-state index in [-0.39, 0.29) is 22.8 Å². The summed E-state index contributed by atoms with van der Waals surface area (Å²) in [5.41, 5.74) is 2.21. The molecule has 0 bridgehead atoms. The minimum atomic E-state index is -0.394. The number of rotatable bonds is 2. The molecule has 0 heterocycles. The Hall–Kier alpha value is -2.16. The summed E-state index contributed by atoms with van der Waals surface area (Å²) >= 11 is 0. The van der Waals surface area contributed by atoms with Gasteiger partial charge in [-0.1, -0.05) is 17.7 Å². The van der Waals surface area contributed by atoms with Crippen molar-refractivity contribution in [3.05, 3.63) is 89.0 Å². The van der Waals surface area contributed by atoms with E-state index < -0.39 is 4.92 Å². The maximum absolute atomic E-state index is 10.4. The van der Waals surface area contributed by atoms with Crippen LogP contribution in [0.5, 0.6) is 0 Å². The fourth-order valence-corrected chi connectivity index (χ4v) is 1.66. The SMILES string of the molecule is O=[N+]([O-])c1ccc(-c2cc[cH-]c2)cc1.[Fe+2].c1cc[cH-]c1. The van der Waals surface area contributed by atoms with E-state index in [1.807, 2.05) is 54.6 Å². The van der Waals surface area contributed by atoms with Crippen molar-refractivity contribution in [1.82, 2.24) is 0 Å². The molecule has 0 atom stereocenters. The molecule has 0 aliphatic carbocycles. The van der Waals surface area contributed by atoms with Crippen molar-refractivity contribution in [2.75, 3.05) is 0 Å². The van der Waals surface area contributed by atoms with Gasteiger partial charge >= 0.3 is 17.1 Å². The van der Waals surface area contributed by atoms with E-state index in [2.05, 4.69) is 0 Å². The van der Waals surface area contributed by atoms with Crippen molar-refractivity contribution < 1.29 is 22.0 Å². The fraction of sp³-hybridized carbons (Fsp3) is 0. The van der Waals surface area contributed by atoms with Gasteiger partial charge in [-0.15, -0.1) is 0 Å². The number of hydrogen-bond acceptors (Lipinski definition) is 2. The number of benzene rings is 1. The molecule has 0 unspecified atom stereocenters. The molecule has 0 amide bonds. The smallest absolute Gasteiger partial charge is 0.258 e. The van der Waals surface area contributed by atoms with Crippen LogP contribution in [0.4, 0.5) is 5.69 Å². The Bertz CT molecular complexity index is 581. The van der Waals surface area contributed by atoms with E-state index in [0.717, 1.165) is 11.1 Å². The number of nitrogens with zero attached hydrogens (tertiary/aromatic N) is 1. The number of hydrogen-bond donors (Lipinski definition) is 0. The molecule has 4 heteroatoms. The standard InChI is InChI=1S/C11H8NO2.C5H5.Fe/c13-12(14)11-7-5-10(6-8-11)9-3-1-2-4-9;1-2-4-5-3-1;/h1-8H;1-5H;/q2*-1;+2. The van der Waals surface area contributed by atoms with Crippen molar-refractivity contribution in [3.8, 4) is 11.1 Å². The summed E-state index contributed by atoms with van der Waals surface area (Å²) in [4.78, 5) is 10.0. The first-order valence-corrected chi connectivity index (χ1v) is 5.90. The van der Waals surface area contributed by atoms with Gasteiger partial charge in [-0.05, 0) is 0 Å². The molecule has 0 aliphatic rings. The van der Waals surface area contributed by atoms with Gasteiger partial charge < -0.3 is 0 Å². The molecular weight excluding hydrogens is 294 g/mol. The van der Waals surface area contributed by atoms with Gasteiger partial charge in [-0.2, -0.15) is 42.0 Å². The van der Waals surface area contributed by atoms with E-state index in [1.165, 1.54) is 12.1 Å². The van der Waals surface area contributed by atoms with Gasteiger partial charge in [0.05, 0.1) is 4.92 Å². The molecule has 3 nitrogen and oxygen atoms in total. The molecule has 3 rings (SSSR count). The van der Waals surface area contributed by atoms with Crippen LogP contribution >= 0.6 is 0 Å². The van der Waals surface area contributed by atoms with Gasteiger partial charge in [0.15, 0.2) is 0 Å². The van der Waals surface area contributed by atoms with Gasteiger partial charge in [0.25, 0.3) is 5.69 Å². The quantitative estimate of drug-likeness (QED) is 0.305. The van der Waals surface area contributed by atoms with Crippen LogP contribution < -0.4 is 0 Å². The molecule has 0 N–H and O–H groups in total. The summed E-state index contributed by atoms with van der Waals surface area (Å²) in [6.45, 7) is 0. The third-order valence-electron chi connectivity index (χ3n) is 2.63. The maximum atomic E-state index is 10.4. The van der Waals surface area contributed by atoms with Crippen molar-refractivity contribution in [1.29, 1.82) is 0 Å². The van der Waals surface area contributed by atoms with Crippen LogP contribution in [0.15, 0.2) is 78.9 Å². The molecule has 3 aromatic carbocycles. The van der Waals surface area contributed by atoms with Crippen molar-refractivity contribution in [2.24, 2.45) is 0 Å². The van der Waals surface area contributed by atoms with Crippen LogP contribution in [-0.2, 0) is 17.1 Å². The molecule has 0 saturated carbocycles. The number of nitro benzene ring substituents is 1. The average molecular weight is 307 g/mol. The molecule has 0 spiro atoms. The van der Waals surface area contributed by atoms with E-state index >= 15 is 0 Å². The van der Waals surface area contributed by atoms with E-state index in [9.17, 15) is 10.1 Å². The first-order valence-electron chi connectivity index (χ1n) is 5.90. The summed E-state index contributed by atoms with van der Waals surface area (Å²) in [7, 11) is 0. The van der Waals surface area contributed by atoms with Gasteiger partial charge in [0, 0.05) is 12.1 Å². The van der Waals surface area contributed by atoms with Gasteiger partial charge in [-0.25, -0.2) is 18.2 Å². The largest absolute Gasteiger partial charge is 2.00 e. The molecule has 0 saturated heterocycles. The van der Waals surface area contributed by atoms with E-state index in [1.54, 1.807) is 12.1 Å². The van der Waals surface area contributed by atoms with Crippen LogP contribution in [0.1, 0.15) is 0 Å². The Balaban J connectivity index is 0.000000283. The summed E-state index contributed by atoms with van der Waals surface area (Å²) in [5.74, 6) is 0. The van der Waals surface area contributed by atoms with Crippen LogP contribution in [0.2, 0.25) is 0 Å². The van der Waals surface area contributed by atoms with Crippen molar-refractivity contribution in [2.45, 2.75) is 0 Å². The summed E-state index contributed by atoms with van der Waals surface area (Å²) in [5, 5.41) is 10.4. The third kappa shape index (κ3) is 4.50. The first-order chi connectivity index (χ1) is 9.27. The maximum Gasteiger partial charge on any atom is 2.00 e. The molecule has 0 fully saturated rings. The van der Waals surface area contributed by atoms with Crippen LogP contribution in [-0.4, -0.2) is 4.92 Å². The molecule has 20 heavy (non-hydrogen) atoms. The minimum Gasteiger partial charge on any atom is -0.258 e. The third-order valence-corrected chi connectivity index (χ3v) is 2.63. The van der Waals surface area contributed by atoms with Crippen LogP contribution in [0.25, 0.3) is 11.1 Å². The van der Waals surface area contributed by atoms with E-state index in [0.29, 0.717) is 0 Å². The average Bonchev–Trinajstić information content (AvgIpc) is 3.15. The minimum absolute atomic E-state index is 0. The predicted octanol–water partition coefficient (Wildman–Crippen LogP) is 4.38. The molecule has 0 aromatic heterocycles. The van der Waals surface area contributed by atoms with Crippen molar-refractivity contribution >= 4 is 5.69 Å². The number of non-ortho nitro benzene ring substituents is 1.